The van der Waals surface area contributed by atoms with Gasteiger partial charge in [0.2, 0.25) is 0 Å². The minimum Gasteiger partial charge on any atom is -0.482 e. The van der Waals surface area contributed by atoms with Crippen LogP contribution in [0.3, 0.4) is 0 Å². The summed E-state index contributed by atoms with van der Waals surface area (Å²) in [5.74, 6) is -0.108. The maximum absolute atomic E-state index is 12.8. The van der Waals surface area contributed by atoms with Crippen LogP contribution >= 0.6 is 0 Å². The zero-order valence-corrected chi connectivity index (χ0v) is 11.0. The first kappa shape index (κ1) is 14.0. The van der Waals surface area contributed by atoms with Crippen LogP contribution in [-0.4, -0.2) is 4.92 Å². The molecule has 0 bridgehead atoms. The molecule has 0 unspecified atom stereocenters. The smallest absolute Gasteiger partial charge is 0.311 e. The molecular weight excluding hydrogens is 261 g/mol. The number of aryl methyl sites for hydroxylation is 1. The Labute approximate surface area is 116 Å². The van der Waals surface area contributed by atoms with E-state index in [2.05, 4.69) is 0 Å². The molecule has 0 aliphatic heterocycles. The maximum Gasteiger partial charge on any atom is 0.311 e. The Morgan fingerprint density at radius 3 is 2.40 bits per heavy atom. The van der Waals surface area contributed by atoms with Crippen molar-refractivity contribution in [1.82, 2.24) is 0 Å². The van der Waals surface area contributed by atoms with E-state index in [1.807, 2.05) is 6.92 Å². The van der Waals surface area contributed by atoms with Gasteiger partial charge in [-0.05, 0) is 35.7 Å². The lowest BCUT2D eigenvalue weighted by Crippen LogP contribution is -2.00. The van der Waals surface area contributed by atoms with Gasteiger partial charge < -0.3 is 4.74 Å². The Kier molecular flexibility index (Phi) is 4.30. The second-order valence-corrected chi connectivity index (χ2v) is 4.33. The van der Waals surface area contributed by atoms with Crippen molar-refractivity contribution >= 4 is 5.69 Å². The summed E-state index contributed by atoms with van der Waals surface area (Å²) in [5, 5.41) is 11.0. The van der Waals surface area contributed by atoms with Gasteiger partial charge >= 0.3 is 5.69 Å². The molecule has 0 fully saturated rings. The normalized spacial score (nSPS) is 10.3. The largest absolute Gasteiger partial charge is 0.482 e. The van der Waals surface area contributed by atoms with E-state index in [4.69, 9.17) is 4.74 Å². The van der Waals surface area contributed by atoms with E-state index in [0.29, 0.717) is 0 Å². The molecule has 2 aromatic rings. The molecule has 0 amide bonds. The van der Waals surface area contributed by atoms with Gasteiger partial charge in [0.05, 0.1) is 4.92 Å². The van der Waals surface area contributed by atoms with E-state index >= 15 is 0 Å². The molecule has 5 heteroatoms. The fraction of sp³-hybridized carbons (Fsp3) is 0.200. The zero-order valence-electron chi connectivity index (χ0n) is 11.0. The van der Waals surface area contributed by atoms with E-state index < -0.39 is 4.92 Å². The molecule has 20 heavy (non-hydrogen) atoms. The number of nitrogens with zero attached hydrogens (tertiary/aromatic N) is 1. The van der Waals surface area contributed by atoms with Crippen molar-refractivity contribution in [2.45, 2.75) is 20.0 Å². The Morgan fingerprint density at radius 2 is 1.80 bits per heavy atom. The topological polar surface area (TPSA) is 52.4 Å². The number of rotatable bonds is 5. The summed E-state index contributed by atoms with van der Waals surface area (Å²) in [6.45, 7) is 2.09. The summed E-state index contributed by atoms with van der Waals surface area (Å²) in [4.78, 5) is 10.6. The number of hydrogen-bond acceptors (Lipinski definition) is 3. The van der Waals surface area contributed by atoms with E-state index in [1.165, 1.54) is 18.2 Å². The third kappa shape index (κ3) is 3.32. The van der Waals surface area contributed by atoms with Gasteiger partial charge in [0, 0.05) is 6.07 Å². The standard InChI is InChI=1S/C15H14FNO3/c1-2-11-5-8-15(14(9-11)17(18)19)20-10-12-3-6-13(16)7-4-12/h3-9H,2,10H2,1H3. The molecule has 104 valence electrons. The van der Waals surface area contributed by atoms with Crippen LogP contribution in [0.2, 0.25) is 0 Å². The van der Waals surface area contributed by atoms with Crippen molar-refractivity contribution in [3.63, 3.8) is 0 Å². The molecule has 0 heterocycles. The number of nitro groups is 1. The molecule has 4 nitrogen and oxygen atoms in total. The van der Waals surface area contributed by atoms with Crippen molar-refractivity contribution in [1.29, 1.82) is 0 Å². The molecule has 0 radical (unpaired) electrons. The fourth-order valence-electron chi connectivity index (χ4n) is 1.79. The van der Waals surface area contributed by atoms with Crippen LogP contribution in [0.1, 0.15) is 18.1 Å². The molecular formula is C15H14FNO3. The van der Waals surface area contributed by atoms with Gasteiger partial charge in [-0.3, -0.25) is 10.1 Å². The molecule has 0 saturated heterocycles. The summed E-state index contributed by atoms with van der Waals surface area (Å²) in [7, 11) is 0. The highest BCUT2D eigenvalue weighted by atomic mass is 19.1. The summed E-state index contributed by atoms with van der Waals surface area (Å²) < 4.78 is 18.2. The van der Waals surface area contributed by atoms with Gasteiger partial charge in [-0.25, -0.2) is 4.39 Å². The van der Waals surface area contributed by atoms with Gasteiger partial charge in [0.25, 0.3) is 0 Å². The highest BCUT2D eigenvalue weighted by Crippen LogP contribution is 2.28. The molecule has 0 N–H and O–H groups in total. The van der Waals surface area contributed by atoms with Crippen molar-refractivity contribution < 1.29 is 14.1 Å². The molecule has 0 atom stereocenters. The first-order valence-electron chi connectivity index (χ1n) is 6.24. The average molecular weight is 275 g/mol. The number of ether oxygens (including phenoxy) is 1. The number of halogens is 1. The van der Waals surface area contributed by atoms with Gasteiger partial charge in [-0.15, -0.1) is 0 Å². The molecule has 0 spiro atoms. The second kappa shape index (κ2) is 6.14. The number of nitro benzene ring substituents is 1. The number of hydrogen-bond donors (Lipinski definition) is 0. The van der Waals surface area contributed by atoms with Crippen molar-refractivity contribution in [2.75, 3.05) is 0 Å². The number of benzene rings is 2. The van der Waals surface area contributed by atoms with Gasteiger partial charge in [0.15, 0.2) is 5.75 Å². The van der Waals surface area contributed by atoms with Crippen LogP contribution in [0.15, 0.2) is 42.5 Å². The molecule has 0 aliphatic carbocycles. The summed E-state index contributed by atoms with van der Waals surface area (Å²) >= 11 is 0. The SMILES string of the molecule is CCc1ccc(OCc2ccc(F)cc2)c([N+](=O)[O-])c1. The van der Waals surface area contributed by atoms with Crippen molar-refractivity contribution in [3.8, 4) is 5.75 Å². The fourth-order valence-corrected chi connectivity index (χ4v) is 1.79. The predicted octanol–water partition coefficient (Wildman–Crippen LogP) is 3.88. The Bertz CT molecular complexity index is 611. The third-order valence-electron chi connectivity index (χ3n) is 2.94. The third-order valence-corrected chi connectivity index (χ3v) is 2.94. The van der Waals surface area contributed by atoms with Crippen LogP contribution in [0, 0.1) is 15.9 Å². The molecule has 0 saturated carbocycles. The van der Waals surface area contributed by atoms with Crippen molar-refractivity contribution in [2.24, 2.45) is 0 Å². The summed E-state index contributed by atoms with van der Waals surface area (Å²) in [6.07, 6.45) is 0.721. The first-order chi connectivity index (χ1) is 9.60. The Hall–Kier alpha value is -2.43. The lowest BCUT2D eigenvalue weighted by atomic mass is 10.1. The molecule has 0 aromatic heterocycles. The van der Waals surface area contributed by atoms with E-state index in [1.54, 1.807) is 24.3 Å². The lowest BCUT2D eigenvalue weighted by molar-refractivity contribution is -0.386. The Morgan fingerprint density at radius 1 is 1.15 bits per heavy atom. The van der Waals surface area contributed by atoms with Crippen LogP contribution in [0.25, 0.3) is 0 Å². The van der Waals surface area contributed by atoms with E-state index in [0.717, 1.165) is 17.5 Å². The van der Waals surface area contributed by atoms with Crippen LogP contribution in [-0.2, 0) is 13.0 Å². The molecule has 0 aliphatic rings. The molecule has 2 aromatic carbocycles. The predicted molar refractivity (Wildman–Crippen MR) is 73.2 cm³/mol. The average Bonchev–Trinajstić information content (AvgIpc) is 2.46. The van der Waals surface area contributed by atoms with Crippen molar-refractivity contribution in [3.05, 3.63) is 69.5 Å². The van der Waals surface area contributed by atoms with Gasteiger partial charge in [0.1, 0.15) is 12.4 Å². The van der Waals surface area contributed by atoms with E-state index in [9.17, 15) is 14.5 Å². The van der Waals surface area contributed by atoms with E-state index in [-0.39, 0.29) is 23.9 Å². The second-order valence-electron chi connectivity index (χ2n) is 4.33. The van der Waals surface area contributed by atoms with Gasteiger partial charge in [-0.2, -0.15) is 0 Å². The molecule has 2 rings (SSSR count). The minimum atomic E-state index is -0.459. The zero-order chi connectivity index (χ0) is 14.5. The van der Waals surface area contributed by atoms with Gasteiger partial charge in [-0.1, -0.05) is 25.1 Å². The first-order valence-corrected chi connectivity index (χ1v) is 6.24. The monoisotopic (exact) mass is 275 g/mol. The quantitative estimate of drug-likeness (QED) is 0.614. The van der Waals surface area contributed by atoms with Crippen LogP contribution in [0.5, 0.6) is 5.75 Å². The Balaban J connectivity index is 2.16. The van der Waals surface area contributed by atoms with Crippen LogP contribution in [0.4, 0.5) is 10.1 Å². The highest BCUT2D eigenvalue weighted by Gasteiger charge is 2.15. The minimum absolute atomic E-state index is 0.0496. The van der Waals surface area contributed by atoms with Crippen LogP contribution < -0.4 is 4.74 Å². The highest BCUT2D eigenvalue weighted by molar-refractivity contribution is 5.48. The summed E-state index contributed by atoms with van der Waals surface area (Å²) in [5.41, 5.74) is 1.58. The maximum atomic E-state index is 12.8. The summed E-state index contributed by atoms with van der Waals surface area (Å²) in [6, 6.07) is 10.7. The lowest BCUT2D eigenvalue weighted by Gasteiger charge is -2.08.